The van der Waals surface area contributed by atoms with E-state index in [4.69, 9.17) is 0 Å². The van der Waals surface area contributed by atoms with Gasteiger partial charge < -0.3 is 10.2 Å². The van der Waals surface area contributed by atoms with Gasteiger partial charge in [-0.05, 0) is 17.0 Å². The second-order valence-electron chi connectivity index (χ2n) is 5.54. The molecule has 0 saturated carbocycles. The van der Waals surface area contributed by atoms with E-state index in [9.17, 15) is 9.59 Å². The molecule has 5 heteroatoms. The second kappa shape index (κ2) is 6.32. The molecule has 1 fully saturated rings. The van der Waals surface area contributed by atoms with Gasteiger partial charge in [-0.15, -0.1) is 11.3 Å². The van der Waals surface area contributed by atoms with Crippen molar-refractivity contribution >= 4 is 23.2 Å². The van der Waals surface area contributed by atoms with Crippen LogP contribution in [0.3, 0.4) is 0 Å². The van der Waals surface area contributed by atoms with Crippen molar-refractivity contribution in [3.8, 4) is 0 Å². The molecular weight excluding hydrogens is 296 g/mol. The van der Waals surface area contributed by atoms with Gasteiger partial charge in [-0.2, -0.15) is 0 Å². The van der Waals surface area contributed by atoms with Crippen molar-refractivity contribution in [1.82, 2.24) is 10.2 Å². The lowest BCUT2D eigenvalue weighted by atomic mass is 10.0. The topological polar surface area (TPSA) is 49.4 Å². The number of hydrogen-bond donors (Lipinski definition) is 1. The van der Waals surface area contributed by atoms with E-state index in [1.807, 2.05) is 47.8 Å². The van der Waals surface area contributed by atoms with E-state index >= 15 is 0 Å². The summed E-state index contributed by atoms with van der Waals surface area (Å²) in [6, 6.07) is 13.8. The van der Waals surface area contributed by atoms with Crippen molar-refractivity contribution in [2.75, 3.05) is 13.6 Å². The number of nitrogens with one attached hydrogen (secondary N) is 1. The summed E-state index contributed by atoms with van der Waals surface area (Å²) in [6.45, 7) is 0.497. The van der Waals surface area contributed by atoms with E-state index < -0.39 is 0 Å². The lowest BCUT2D eigenvalue weighted by Crippen LogP contribution is -2.35. The normalized spacial score (nSPS) is 19.2. The van der Waals surface area contributed by atoms with Crippen molar-refractivity contribution < 1.29 is 9.59 Å². The van der Waals surface area contributed by atoms with Gasteiger partial charge in [0.2, 0.25) is 11.8 Å². The first-order valence-electron chi connectivity index (χ1n) is 7.28. The number of benzene rings is 1. The van der Waals surface area contributed by atoms with Crippen LogP contribution in [-0.2, 0) is 9.59 Å². The first kappa shape index (κ1) is 14.8. The van der Waals surface area contributed by atoms with E-state index in [1.165, 1.54) is 0 Å². The first-order chi connectivity index (χ1) is 10.6. The molecule has 1 saturated heterocycles. The molecule has 22 heavy (non-hydrogen) atoms. The Labute approximate surface area is 133 Å². The Kier molecular flexibility index (Phi) is 4.24. The Hall–Kier alpha value is -2.14. The number of rotatable bonds is 4. The minimum atomic E-state index is -0.260. The molecule has 2 amide bonds. The molecule has 3 rings (SSSR count). The number of carbonyl (C=O) groups excluding carboxylic acids is 2. The zero-order valence-electron chi connectivity index (χ0n) is 12.4. The average molecular weight is 314 g/mol. The van der Waals surface area contributed by atoms with Crippen LogP contribution in [0.15, 0.2) is 47.8 Å². The van der Waals surface area contributed by atoms with Gasteiger partial charge in [0.15, 0.2) is 0 Å². The van der Waals surface area contributed by atoms with Gasteiger partial charge in [0.05, 0.1) is 12.0 Å². The summed E-state index contributed by atoms with van der Waals surface area (Å²) in [5.74, 6) is -0.281. The highest BCUT2D eigenvalue weighted by Gasteiger charge is 2.33. The average Bonchev–Trinajstić information content (AvgIpc) is 3.16. The third-order valence-corrected chi connectivity index (χ3v) is 4.90. The van der Waals surface area contributed by atoms with Crippen LogP contribution >= 0.6 is 11.3 Å². The van der Waals surface area contributed by atoms with Gasteiger partial charge in [-0.25, -0.2) is 0 Å². The molecule has 1 aromatic heterocycles. The van der Waals surface area contributed by atoms with E-state index in [0.717, 1.165) is 10.4 Å². The van der Waals surface area contributed by atoms with E-state index in [-0.39, 0.29) is 23.8 Å². The summed E-state index contributed by atoms with van der Waals surface area (Å²) < 4.78 is 0. The van der Waals surface area contributed by atoms with Gasteiger partial charge in [0, 0.05) is 24.9 Å². The monoisotopic (exact) mass is 314 g/mol. The SMILES string of the molecule is CN1C[C@@H](C(=O)N[C@H](c2ccccc2)c2cccs2)CC1=O. The summed E-state index contributed by atoms with van der Waals surface area (Å²) in [7, 11) is 1.74. The van der Waals surface area contributed by atoms with Gasteiger partial charge in [0.25, 0.3) is 0 Å². The Bertz CT molecular complexity index is 655. The van der Waals surface area contributed by atoms with Crippen molar-refractivity contribution in [2.24, 2.45) is 5.92 Å². The fraction of sp³-hybridized carbons (Fsp3) is 0.294. The number of likely N-dealkylation sites (tertiary alicyclic amines) is 1. The third kappa shape index (κ3) is 3.04. The van der Waals surface area contributed by atoms with Crippen LogP contribution in [0, 0.1) is 5.92 Å². The van der Waals surface area contributed by atoms with Crippen molar-refractivity contribution in [2.45, 2.75) is 12.5 Å². The van der Waals surface area contributed by atoms with Gasteiger partial charge in [-0.3, -0.25) is 9.59 Å². The summed E-state index contributed by atoms with van der Waals surface area (Å²) in [4.78, 5) is 26.9. The maximum Gasteiger partial charge on any atom is 0.226 e. The molecule has 0 aliphatic carbocycles. The predicted octanol–water partition coefficient (Wildman–Crippen LogP) is 2.43. The minimum Gasteiger partial charge on any atom is -0.345 e. The molecule has 114 valence electrons. The molecule has 2 atom stereocenters. The van der Waals surface area contributed by atoms with Crippen LogP contribution < -0.4 is 5.32 Å². The van der Waals surface area contributed by atoms with Crippen molar-refractivity contribution in [1.29, 1.82) is 0 Å². The molecule has 1 N–H and O–H groups in total. The van der Waals surface area contributed by atoms with Crippen LogP contribution in [0.4, 0.5) is 0 Å². The Balaban J connectivity index is 1.79. The summed E-state index contributed by atoms with van der Waals surface area (Å²) in [5.41, 5.74) is 1.05. The number of hydrogen-bond acceptors (Lipinski definition) is 3. The second-order valence-corrected chi connectivity index (χ2v) is 6.52. The molecule has 2 aromatic rings. The number of thiophene rings is 1. The zero-order chi connectivity index (χ0) is 15.5. The minimum absolute atomic E-state index is 0.0348. The molecule has 0 bridgehead atoms. The number of nitrogens with zero attached hydrogens (tertiary/aromatic N) is 1. The van der Waals surface area contributed by atoms with Gasteiger partial charge >= 0.3 is 0 Å². The molecule has 2 heterocycles. The zero-order valence-corrected chi connectivity index (χ0v) is 13.2. The maximum atomic E-state index is 12.5. The first-order valence-corrected chi connectivity index (χ1v) is 8.16. The predicted molar refractivity (Wildman–Crippen MR) is 86.5 cm³/mol. The van der Waals surface area contributed by atoms with Crippen LogP contribution in [0.5, 0.6) is 0 Å². The van der Waals surface area contributed by atoms with E-state index in [0.29, 0.717) is 13.0 Å². The number of carbonyl (C=O) groups is 2. The van der Waals surface area contributed by atoms with Crippen LogP contribution in [0.25, 0.3) is 0 Å². The van der Waals surface area contributed by atoms with Gasteiger partial charge in [-0.1, -0.05) is 36.4 Å². The van der Waals surface area contributed by atoms with Crippen molar-refractivity contribution in [3.05, 3.63) is 58.3 Å². The summed E-state index contributed by atoms with van der Waals surface area (Å²) >= 11 is 1.62. The summed E-state index contributed by atoms with van der Waals surface area (Å²) in [6.07, 6.45) is 0.300. The number of amides is 2. The molecule has 0 unspecified atom stereocenters. The molecular formula is C17H18N2O2S. The Morgan fingerprint density at radius 1 is 1.27 bits per heavy atom. The largest absolute Gasteiger partial charge is 0.345 e. The smallest absolute Gasteiger partial charge is 0.226 e. The van der Waals surface area contributed by atoms with Crippen LogP contribution in [0.1, 0.15) is 22.9 Å². The lowest BCUT2D eigenvalue weighted by Gasteiger charge is -2.20. The molecule has 0 spiro atoms. The quantitative estimate of drug-likeness (QED) is 0.942. The van der Waals surface area contributed by atoms with Gasteiger partial charge in [0.1, 0.15) is 0 Å². The fourth-order valence-electron chi connectivity index (χ4n) is 2.72. The highest BCUT2D eigenvalue weighted by molar-refractivity contribution is 7.10. The fourth-order valence-corrected chi connectivity index (χ4v) is 3.52. The lowest BCUT2D eigenvalue weighted by molar-refractivity contribution is -0.128. The molecule has 0 radical (unpaired) electrons. The van der Waals surface area contributed by atoms with Crippen LogP contribution in [-0.4, -0.2) is 30.3 Å². The Morgan fingerprint density at radius 2 is 2.05 bits per heavy atom. The molecule has 1 aliphatic rings. The third-order valence-electron chi connectivity index (χ3n) is 3.96. The molecule has 1 aromatic carbocycles. The standard InChI is InChI=1S/C17H18N2O2S/c1-19-11-13(10-15(19)20)17(21)18-16(14-8-5-9-22-14)12-6-3-2-4-7-12/h2-9,13,16H,10-11H2,1H3,(H,18,21)/t13-,16+/m0/s1. The summed E-state index contributed by atoms with van der Waals surface area (Å²) in [5, 5.41) is 5.12. The molecule has 4 nitrogen and oxygen atoms in total. The Morgan fingerprint density at radius 3 is 2.64 bits per heavy atom. The maximum absolute atomic E-state index is 12.5. The van der Waals surface area contributed by atoms with E-state index in [2.05, 4.69) is 5.32 Å². The van der Waals surface area contributed by atoms with E-state index in [1.54, 1.807) is 23.3 Å². The van der Waals surface area contributed by atoms with Crippen LogP contribution in [0.2, 0.25) is 0 Å². The highest BCUT2D eigenvalue weighted by atomic mass is 32.1. The molecule has 1 aliphatic heterocycles. The van der Waals surface area contributed by atoms with Crippen molar-refractivity contribution in [3.63, 3.8) is 0 Å². The highest BCUT2D eigenvalue weighted by Crippen LogP contribution is 2.27.